The minimum Gasteiger partial charge on any atom is -0.349 e. The number of nitrogens with one attached hydrogen (secondary N) is 1. The summed E-state index contributed by atoms with van der Waals surface area (Å²) in [6.45, 7) is 1.15. The van der Waals surface area contributed by atoms with Crippen LogP contribution in [0.5, 0.6) is 0 Å². The van der Waals surface area contributed by atoms with Crippen LogP contribution in [0.1, 0.15) is 11.3 Å². The fraction of sp³-hybridized carbons (Fsp3) is 0.182. The number of aromatic nitrogens is 1. The number of benzene rings is 1. The van der Waals surface area contributed by atoms with Gasteiger partial charge in [-0.15, -0.1) is 0 Å². The Bertz CT molecular complexity index is 693. The van der Waals surface area contributed by atoms with E-state index in [2.05, 4.69) is 4.98 Å². The predicted octanol–water partition coefficient (Wildman–Crippen LogP) is 4.11. The standard InChI is InChI=1S/C11H6ClF3INO/c1-4-9(18)6-2-5(16)3-7(12)8(6)17-10(4)11(13,14)15/h2-3H,1H3,(H,17,18). The molecule has 96 valence electrons. The van der Waals surface area contributed by atoms with Crippen molar-refractivity contribution in [3.8, 4) is 0 Å². The molecule has 0 unspecified atom stereocenters. The number of halogens is 5. The third kappa shape index (κ3) is 2.23. The van der Waals surface area contributed by atoms with Crippen molar-refractivity contribution in [3.05, 3.63) is 42.2 Å². The van der Waals surface area contributed by atoms with Crippen molar-refractivity contribution in [3.63, 3.8) is 0 Å². The lowest BCUT2D eigenvalue weighted by Crippen LogP contribution is -2.19. The first-order valence-corrected chi connectivity index (χ1v) is 6.26. The van der Waals surface area contributed by atoms with Crippen LogP contribution in [0.2, 0.25) is 5.02 Å². The Balaban J connectivity index is 2.98. The number of pyridine rings is 1. The van der Waals surface area contributed by atoms with Crippen LogP contribution in [0.15, 0.2) is 16.9 Å². The maximum absolute atomic E-state index is 12.8. The van der Waals surface area contributed by atoms with E-state index in [1.807, 2.05) is 22.6 Å². The Labute approximate surface area is 118 Å². The van der Waals surface area contributed by atoms with Gasteiger partial charge in [-0.05, 0) is 41.6 Å². The maximum atomic E-state index is 12.8. The molecule has 0 fully saturated rings. The third-order valence-corrected chi connectivity index (χ3v) is 3.47. The average molecular weight is 388 g/mol. The molecule has 2 rings (SSSR count). The minimum absolute atomic E-state index is 0.0139. The largest absolute Gasteiger partial charge is 0.431 e. The van der Waals surface area contributed by atoms with Crippen molar-refractivity contribution >= 4 is 45.1 Å². The second-order valence-electron chi connectivity index (χ2n) is 3.76. The fourth-order valence-corrected chi connectivity index (χ4v) is 2.77. The highest BCUT2D eigenvalue weighted by atomic mass is 127. The van der Waals surface area contributed by atoms with Gasteiger partial charge in [0.25, 0.3) is 0 Å². The molecule has 0 saturated carbocycles. The van der Waals surface area contributed by atoms with Crippen LogP contribution in [0.4, 0.5) is 13.2 Å². The lowest BCUT2D eigenvalue weighted by Gasteiger charge is -2.12. The number of fused-ring (bicyclic) bond motifs is 1. The van der Waals surface area contributed by atoms with Gasteiger partial charge in [-0.3, -0.25) is 4.79 Å². The number of rotatable bonds is 0. The van der Waals surface area contributed by atoms with Gasteiger partial charge in [0.2, 0.25) is 0 Å². The SMILES string of the molecule is Cc1c(C(F)(F)F)[nH]c2c(Cl)cc(I)cc2c1=O. The molecule has 0 radical (unpaired) electrons. The molecular formula is C11H6ClF3INO. The molecule has 0 amide bonds. The van der Waals surface area contributed by atoms with E-state index in [1.54, 1.807) is 0 Å². The molecule has 0 aliphatic carbocycles. The first-order valence-electron chi connectivity index (χ1n) is 4.80. The Morgan fingerprint density at radius 3 is 2.50 bits per heavy atom. The van der Waals surface area contributed by atoms with Crippen LogP contribution >= 0.6 is 34.2 Å². The molecule has 0 atom stereocenters. The summed E-state index contributed by atoms with van der Waals surface area (Å²) in [4.78, 5) is 14.1. The molecule has 18 heavy (non-hydrogen) atoms. The van der Waals surface area contributed by atoms with Gasteiger partial charge in [0.1, 0.15) is 5.69 Å². The van der Waals surface area contributed by atoms with E-state index >= 15 is 0 Å². The summed E-state index contributed by atoms with van der Waals surface area (Å²) in [5, 5.41) is 0.261. The highest BCUT2D eigenvalue weighted by Gasteiger charge is 2.35. The van der Waals surface area contributed by atoms with Gasteiger partial charge in [0, 0.05) is 14.5 Å². The van der Waals surface area contributed by atoms with Gasteiger partial charge >= 0.3 is 6.18 Å². The van der Waals surface area contributed by atoms with Crippen LogP contribution in [-0.4, -0.2) is 4.98 Å². The zero-order valence-corrected chi connectivity index (χ0v) is 11.9. The molecule has 0 spiro atoms. The number of hydrogen-bond donors (Lipinski definition) is 1. The summed E-state index contributed by atoms with van der Waals surface area (Å²) in [5.74, 6) is 0. The van der Waals surface area contributed by atoms with Crippen molar-refractivity contribution in [2.24, 2.45) is 0 Å². The van der Waals surface area contributed by atoms with Crippen molar-refractivity contribution in [1.82, 2.24) is 4.98 Å². The van der Waals surface area contributed by atoms with E-state index in [9.17, 15) is 18.0 Å². The fourth-order valence-electron chi connectivity index (χ4n) is 1.70. The van der Waals surface area contributed by atoms with E-state index in [4.69, 9.17) is 11.6 Å². The van der Waals surface area contributed by atoms with E-state index in [0.717, 1.165) is 6.92 Å². The van der Waals surface area contributed by atoms with Gasteiger partial charge in [-0.2, -0.15) is 13.2 Å². The van der Waals surface area contributed by atoms with Gasteiger partial charge in [-0.25, -0.2) is 0 Å². The van der Waals surface area contributed by atoms with Gasteiger partial charge in [-0.1, -0.05) is 11.6 Å². The Kier molecular flexibility index (Phi) is 3.35. The lowest BCUT2D eigenvalue weighted by atomic mass is 10.1. The summed E-state index contributed by atoms with van der Waals surface area (Å²) in [6.07, 6.45) is -4.61. The molecule has 1 aromatic heterocycles. The van der Waals surface area contributed by atoms with Crippen molar-refractivity contribution in [1.29, 1.82) is 0 Å². The van der Waals surface area contributed by atoms with E-state index < -0.39 is 17.3 Å². The zero-order chi connectivity index (χ0) is 13.7. The highest BCUT2D eigenvalue weighted by molar-refractivity contribution is 14.1. The van der Waals surface area contributed by atoms with Crippen LogP contribution in [0, 0.1) is 10.5 Å². The monoisotopic (exact) mass is 387 g/mol. The summed E-state index contributed by atoms with van der Waals surface area (Å²) >= 11 is 7.81. The van der Waals surface area contributed by atoms with E-state index in [0.29, 0.717) is 3.57 Å². The summed E-state index contributed by atoms with van der Waals surface area (Å²) in [5.41, 5.74) is -2.05. The van der Waals surface area contributed by atoms with Gasteiger partial charge in [0.05, 0.1) is 10.5 Å². The highest BCUT2D eigenvalue weighted by Crippen LogP contribution is 2.32. The molecule has 0 saturated heterocycles. The van der Waals surface area contributed by atoms with Crippen molar-refractivity contribution < 1.29 is 13.2 Å². The maximum Gasteiger partial charge on any atom is 0.431 e. The van der Waals surface area contributed by atoms with E-state index in [1.165, 1.54) is 12.1 Å². The Hall–Kier alpha value is -0.760. The summed E-state index contributed by atoms with van der Waals surface area (Å²) in [6, 6.07) is 3.00. The number of aromatic amines is 1. The van der Waals surface area contributed by atoms with Crippen LogP contribution in [0.3, 0.4) is 0 Å². The van der Waals surface area contributed by atoms with Crippen molar-refractivity contribution in [2.75, 3.05) is 0 Å². The Morgan fingerprint density at radius 2 is 1.94 bits per heavy atom. The van der Waals surface area contributed by atoms with Crippen LogP contribution < -0.4 is 5.43 Å². The first kappa shape index (κ1) is 13.7. The zero-order valence-electron chi connectivity index (χ0n) is 8.95. The average Bonchev–Trinajstić information content (AvgIpc) is 2.22. The molecule has 0 aliphatic rings. The van der Waals surface area contributed by atoms with Gasteiger partial charge < -0.3 is 4.98 Å². The molecule has 0 bridgehead atoms. The second-order valence-corrected chi connectivity index (χ2v) is 5.41. The first-order chi connectivity index (χ1) is 8.21. The number of H-pyrrole nitrogens is 1. The molecule has 1 heterocycles. The molecule has 1 aromatic carbocycles. The molecule has 2 aromatic rings. The third-order valence-electron chi connectivity index (χ3n) is 2.55. The minimum atomic E-state index is -4.61. The summed E-state index contributed by atoms with van der Waals surface area (Å²) in [7, 11) is 0. The number of alkyl halides is 3. The normalized spacial score (nSPS) is 12.1. The predicted molar refractivity (Wildman–Crippen MR) is 72.0 cm³/mol. The topological polar surface area (TPSA) is 32.9 Å². The molecular weight excluding hydrogens is 381 g/mol. The second kappa shape index (κ2) is 4.41. The van der Waals surface area contributed by atoms with Gasteiger partial charge in [0.15, 0.2) is 5.43 Å². The smallest absolute Gasteiger partial charge is 0.349 e. The Morgan fingerprint density at radius 1 is 1.33 bits per heavy atom. The quantitative estimate of drug-likeness (QED) is 0.678. The molecule has 1 N–H and O–H groups in total. The van der Waals surface area contributed by atoms with Crippen molar-refractivity contribution in [2.45, 2.75) is 13.1 Å². The molecule has 0 aliphatic heterocycles. The molecule has 2 nitrogen and oxygen atoms in total. The van der Waals surface area contributed by atoms with E-state index in [-0.39, 0.29) is 21.5 Å². The molecule has 7 heteroatoms. The summed E-state index contributed by atoms with van der Waals surface area (Å²) < 4.78 is 38.9. The lowest BCUT2D eigenvalue weighted by molar-refractivity contribution is -0.141. The van der Waals surface area contributed by atoms with Crippen LogP contribution in [0.25, 0.3) is 10.9 Å². The number of hydrogen-bond acceptors (Lipinski definition) is 1. The van der Waals surface area contributed by atoms with Crippen LogP contribution in [-0.2, 0) is 6.18 Å².